The Morgan fingerprint density at radius 1 is 0.545 bits per heavy atom. The van der Waals surface area contributed by atoms with E-state index in [1.807, 2.05) is 48.8 Å². The van der Waals surface area contributed by atoms with Crippen LogP contribution < -0.4 is 42.6 Å². The summed E-state index contributed by atoms with van der Waals surface area (Å²) in [5.41, 5.74) is 14.2. The number of aromatic amines is 1. The molecular formula is C46H58Br2N12O6. The van der Waals surface area contributed by atoms with Crippen molar-refractivity contribution in [1.82, 2.24) is 34.8 Å². The van der Waals surface area contributed by atoms with Crippen LogP contribution in [0.5, 0.6) is 0 Å². The van der Waals surface area contributed by atoms with Crippen LogP contribution in [-0.2, 0) is 18.9 Å². The molecule has 0 bridgehead atoms. The van der Waals surface area contributed by atoms with E-state index in [2.05, 4.69) is 88.9 Å². The summed E-state index contributed by atoms with van der Waals surface area (Å²) in [4.78, 5) is 48.0. The molecule has 0 aliphatic carbocycles. The van der Waals surface area contributed by atoms with E-state index < -0.39 is 0 Å². The molecule has 352 valence electrons. The van der Waals surface area contributed by atoms with Crippen molar-refractivity contribution >= 4 is 60.3 Å². The lowest BCUT2D eigenvalue weighted by atomic mass is 10.3. The highest BCUT2D eigenvalue weighted by molar-refractivity contribution is 9.10. The van der Waals surface area contributed by atoms with Gasteiger partial charge in [-0.2, -0.15) is 0 Å². The normalized spacial score (nSPS) is 15.5. The number of morpholine rings is 4. The summed E-state index contributed by atoms with van der Waals surface area (Å²) in [5.74, 6) is 0.569. The summed E-state index contributed by atoms with van der Waals surface area (Å²) in [7, 11) is 0. The molecule has 4 saturated heterocycles. The van der Waals surface area contributed by atoms with Crippen molar-refractivity contribution in [3.8, 4) is 5.82 Å². The van der Waals surface area contributed by atoms with Crippen molar-refractivity contribution < 1.29 is 18.9 Å². The monoisotopic (exact) mass is 1030 g/mol. The van der Waals surface area contributed by atoms with Crippen LogP contribution in [0.4, 0.5) is 28.4 Å². The molecule has 4 aliphatic heterocycles. The van der Waals surface area contributed by atoms with E-state index in [9.17, 15) is 9.59 Å². The molecule has 4 fully saturated rings. The zero-order valence-corrected chi connectivity index (χ0v) is 40.0. The van der Waals surface area contributed by atoms with Crippen molar-refractivity contribution in [1.29, 1.82) is 0 Å². The van der Waals surface area contributed by atoms with Gasteiger partial charge in [0.1, 0.15) is 10.4 Å². The molecule has 6 aromatic heterocycles. The summed E-state index contributed by atoms with van der Waals surface area (Å²) >= 11 is 6.56. The first-order valence-corrected chi connectivity index (χ1v) is 23.1. The lowest BCUT2D eigenvalue weighted by molar-refractivity contribution is 0.109. The van der Waals surface area contributed by atoms with Gasteiger partial charge >= 0.3 is 0 Å². The topological polar surface area (TPSA) is 217 Å². The van der Waals surface area contributed by atoms with Crippen LogP contribution >= 0.6 is 31.9 Å². The third-order valence-electron chi connectivity index (χ3n) is 9.76. The van der Waals surface area contributed by atoms with E-state index in [0.717, 1.165) is 120 Å². The number of H-pyrrole nitrogens is 1. The lowest BCUT2D eigenvalue weighted by Crippen LogP contribution is -2.36. The highest BCUT2D eigenvalue weighted by Crippen LogP contribution is 2.18. The fourth-order valence-electron chi connectivity index (χ4n) is 6.25. The van der Waals surface area contributed by atoms with E-state index in [1.165, 1.54) is 15.9 Å². The standard InChI is InChI=1S/C14H16N4O2.C9H11BrN2O.C9H12N2O.C5H4BrN.C5H6N2O.C4H9NO/c15-12-2-1-5-18(14(12)19)13-4-3-11(10-16-13)17-6-8-20-9-7-17;10-9-2-1-8(7-11-9)12-3-5-13-6-4-12;1-2-9(8-10-3-1)11-4-6-12-7-5-11;6-5-2-1-3-7-4-5;6-4-2-1-3-7-5(4)8;1-3-6-4-2-5-1/h1-5,10H,6-9,15H2;1-2,7H,3-6H2;1-3,8H,4-7H2;1-4H;1-3H,6H2,(H,7,8);5H,1-4H2. The lowest BCUT2D eigenvalue weighted by Gasteiger charge is -2.28. The maximum Gasteiger partial charge on any atom is 0.279 e. The first-order valence-electron chi connectivity index (χ1n) is 21.5. The molecule has 20 heteroatoms. The summed E-state index contributed by atoms with van der Waals surface area (Å²) in [6.07, 6.45) is 14.0. The number of nitrogen functional groups attached to an aromatic ring is 2. The Bertz CT molecular complexity index is 2320. The fraction of sp³-hybridized carbons (Fsp3) is 0.348. The Balaban J connectivity index is 0.000000156. The summed E-state index contributed by atoms with van der Waals surface area (Å²) in [5, 5.41) is 3.16. The van der Waals surface area contributed by atoms with Gasteiger partial charge < -0.3 is 55.4 Å². The molecule has 0 saturated carbocycles. The number of nitrogens with zero attached hydrogens (tertiary/aromatic N) is 8. The molecule has 0 unspecified atom stereocenters. The maximum atomic E-state index is 11.9. The van der Waals surface area contributed by atoms with Gasteiger partial charge in [-0.05, 0) is 105 Å². The highest BCUT2D eigenvalue weighted by atomic mass is 79.9. The molecule has 10 heterocycles. The maximum absolute atomic E-state index is 11.9. The number of rotatable bonds is 4. The second kappa shape index (κ2) is 29.7. The number of hydrogen-bond acceptors (Lipinski definition) is 16. The molecule has 0 amide bonds. The number of hydrogen-bond donors (Lipinski definition) is 4. The van der Waals surface area contributed by atoms with E-state index in [4.69, 9.17) is 30.4 Å². The molecule has 10 rings (SSSR count). The SMILES string of the molecule is Brc1ccc(N2CCOCC2)cn1.Brc1cccnc1.C1COCCN1.Nc1ccc[nH]c1=O.Nc1cccn(-c2ccc(N3CCOCC3)cn2)c1=O.c1cncc(N2CCOCC2)c1. The molecule has 66 heavy (non-hydrogen) atoms. The Kier molecular flexibility index (Phi) is 23.1. The Labute approximate surface area is 401 Å². The van der Waals surface area contributed by atoms with Crippen LogP contribution in [0.3, 0.4) is 0 Å². The van der Waals surface area contributed by atoms with Gasteiger partial charge in [0.2, 0.25) is 0 Å². The van der Waals surface area contributed by atoms with Gasteiger partial charge in [-0.25, -0.2) is 9.97 Å². The van der Waals surface area contributed by atoms with Crippen molar-refractivity contribution in [2.75, 3.05) is 131 Å². The van der Waals surface area contributed by atoms with Gasteiger partial charge in [-0.3, -0.25) is 24.1 Å². The molecule has 0 radical (unpaired) electrons. The number of ether oxygens (including phenoxy) is 4. The van der Waals surface area contributed by atoms with Gasteiger partial charge in [0.05, 0.1) is 99.9 Å². The van der Waals surface area contributed by atoms with Crippen LogP contribution in [0.25, 0.3) is 5.82 Å². The van der Waals surface area contributed by atoms with E-state index in [0.29, 0.717) is 5.82 Å². The third kappa shape index (κ3) is 18.6. The minimum Gasteiger partial charge on any atom is -0.394 e. The number of nitrogens with two attached hydrogens (primary N) is 2. The minimum atomic E-state index is -0.251. The van der Waals surface area contributed by atoms with E-state index >= 15 is 0 Å². The molecule has 0 atom stereocenters. The van der Waals surface area contributed by atoms with Crippen LogP contribution in [0.15, 0.2) is 141 Å². The number of anilines is 5. The smallest absolute Gasteiger partial charge is 0.279 e. The molecule has 6 aromatic rings. The van der Waals surface area contributed by atoms with Gasteiger partial charge in [0.25, 0.3) is 11.1 Å². The second-order valence-electron chi connectivity index (χ2n) is 14.4. The van der Waals surface area contributed by atoms with Gasteiger partial charge in [0.15, 0.2) is 0 Å². The molecule has 18 nitrogen and oxygen atoms in total. The van der Waals surface area contributed by atoms with Crippen molar-refractivity contribution in [2.24, 2.45) is 0 Å². The molecule has 0 spiro atoms. The Morgan fingerprint density at radius 3 is 1.47 bits per heavy atom. The second-order valence-corrected chi connectivity index (χ2v) is 16.1. The fourth-order valence-corrected chi connectivity index (χ4v) is 6.76. The Hall–Kier alpha value is -5.74. The molecule has 0 aromatic carbocycles. The largest absolute Gasteiger partial charge is 0.394 e. The number of aromatic nitrogens is 6. The average Bonchev–Trinajstić information content (AvgIpc) is 3.39. The quantitative estimate of drug-likeness (QED) is 0.177. The van der Waals surface area contributed by atoms with Crippen LogP contribution in [0, 0.1) is 0 Å². The van der Waals surface area contributed by atoms with Crippen LogP contribution in [0.2, 0.25) is 0 Å². The summed E-state index contributed by atoms with van der Waals surface area (Å²) < 4.78 is 24.2. The molecule has 6 N–H and O–H groups in total. The van der Waals surface area contributed by atoms with E-state index in [-0.39, 0.29) is 22.5 Å². The highest BCUT2D eigenvalue weighted by Gasteiger charge is 2.13. The predicted octanol–water partition coefficient (Wildman–Crippen LogP) is 4.66. The molecular weight excluding hydrogens is 976 g/mol. The van der Waals surface area contributed by atoms with Crippen molar-refractivity contribution in [3.63, 3.8) is 0 Å². The van der Waals surface area contributed by atoms with Crippen molar-refractivity contribution in [3.05, 3.63) is 152 Å². The van der Waals surface area contributed by atoms with Gasteiger partial charge in [-0.1, -0.05) is 0 Å². The first kappa shape index (κ1) is 51.2. The minimum absolute atomic E-state index is 0.214. The number of halogens is 2. The third-order valence-corrected chi connectivity index (χ3v) is 10.7. The van der Waals surface area contributed by atoms with E-state index in [1.54, 1.807) is 61.4 Å². The first-order chi connectivity index (χ1) is 32.3. The van der Waals surface area contributed by atoms with Gasteiger partial charge in [0, 0.05) is 87.8 Å². The average molecular weight is 1030 g/mol. The van der Waals surface area contributed by atoms with Crippen molar-refractivity contribution in [2.45, 2.75) is 0 Å². The van der Waals surface area contributed by atoms with Crippen LogP contribution in [-0.4, -0.2) is 135 Å². The summed E-state index contributed by atoms with van der Waals surface area (Å²) in [6, 6.07) is 22.2. The zero-order valence-electron chi connectivity index (χ0n) is 36.8. The van der Waals surface area contributed by atoms with Crippen LogP contribution in [0.1, 0.15) is 0 Å². The van der Waals surface area contributed by atoms with Gasteiger partial charge in [-0.15, -0.1) is 0 Å². The molecule has 4 aliphatic rings. The number of pyridine rings is 6. The Morgan fingerprint density at radius 2 is 1.08 bits per heavy atom. The predicted molar refractivity (Wildman–Crippen MR) is 267 cm³/mol. The zero-order chi connectivity index (χ0) is 46.6. The summed E-state index contributed by atoms with van der Waals surface area (Å²) in [6.45, 7) is 14.2. The number of nitrogens with one attached hydrogen (secondary N) is 2.